The lowest BCUT2D eigenvalue weighted by atomic mass is 10.1. The second-order valence-electron chi connectivity index (χ2n) is 7.99. The van der Waals surface area contributed by atoms with E-state index >= 15 is 0 Å². The van der Waals surface area contributed by atoms with Crippen LogP contribution in [0.3, 0.4) is 0 Å². The van der Waals surface area contributed by atoms with Crippen molar-refractivity contribution in [3.8, 4) is 11.1 Å². The lowest BCUT2D eigenvalue weighted by molar-refractivity contribution is -0.384. The molecule has 0 radical (unpaired) electrons. The third-order valence-corrected chi connectivity index (χ3v) is 5.51. The van der Waals surface area contributed by atoms with Crippen LogP contribution in [0.25, 0.3) is 11.1 Å². The second-order valence-corrected chi connectivity index (χ2v) is 13.0. The fourth-order valence-electron chi connectivity index (χ4n) is 2.53. The van der Waals surface area contributed by atoms with Gasteiger partial charge in [-0.3, -0.25) is 14.7 Å². The molecule has 0 atom stereocenters. The second kappa shape index (κ2) is 6.48. The summed E-state index contributed by atoms with van der Waals surface area (Å²) in [4.78, 5) is 23.5. The molecule has 0 bridgehead atoms. The Balaban J connectivity index is 2.61. The average molecular weight is 360 g/mol. The number of rotatable bonds is 3. The van der Waals surface area contributed by atoms with E-state index in [1.54, 1.807) is 24.4 Å². The number of carbonyl (C=O) groups is 1. The summed E-state index contributed by atoms with van der Waals surface area (Å²) in [5, 5.41) is 12.2. The maximum Gasteiger partial charge on any atom is 0.418 e. The SMILES string of the molecule is CC(C)(C)OC(=O)n1cc(-c2ccccc2[N+](=O)[O-])cc1[Si](C)(C)C. The van der Waals surface area contributed by atoms with Crippen LogP contribution in [0.4, 0.5) is 10.5 Å². The Bertz CT molecular complexity index is 813. The smallest absolute Gasteiger partial charge is 0.418 e. The largest absolute Gasteiger partial charge is 0.443 e. The summed E-state index contributed by atoms with van der Waals surface area (Å²) in [6.45, 7) is 11.8. The van der Waals surface area contributed by atoms with E-state index in [9.17, 15) is 14.9 Å². The summed E-state index contributed by atoms with van der Waals surface area (Å²) in [5.74, 6) is 0. The number of ether oxygens (including phenoxy) is 1. The number of hydrogen-bond donors (Lipinski definition) is 0. The van der Waals surface area contributed by atoms with E-state index in [1.807, 2.05) is 26.8 Å². The number of nitrogens with zero attached hydrogens (tertiary/aromatic N) is 2. The molecule has 1 heterocycles. The van der Waals surface area contributed by atoms with Gasteiger partial charge in [0.05, 0.1) is 18.6 Å². The minimum Gasteiger partial charge on any atom is -0.443 e. The Labute approximate surface area is 148 Å². The van der Waals surface area contributed by atoms with Gasteiger partial charge in [-0.1, -0.05) is 31.8 Å². The third-order valence-electron chi connectivity index (χ3n) is 3.59. The van der Waals surface area contributed by atoms with Crippen LogP contribution < -0.4 is 5.32 Å². The van der Waals surface area contributed by atoms with Crippen molar-refractivity contribution in [2.75, 3.05) is 0 Å². The van der Waals surface area contributed by atoms with Crippen LogP contribution >= 0.6 is 0 Å². The van der Waals surface area contributed by atoms with Crippen molar-refractivity contribution in [2.24, 2.45) is 0 Å². The van der Waals surface area contributed by atoms with Crippen molar-refractivity contribution in [2.45, 2.75) is 46.0 Å². The molecule has 2 aromatic rings. The van der Waals surface area contributed by atoms with Gasteiger partial charge in [0, 0.05) is 23.1 Å². The highest BCUT2D eigenvalue weighted by Crippen LogP contribution is 2.30. The van der Waals surface area contributed by atoms with E-state index in [4.69, 9.17) is 4.74 Å². The molecule has 0 amide bonds. The quantitative estimate of drug-likeness (QED) is 0.462. The molecule has 134 valence electrons. The monoisotopic (exact) mass is 360 g/mol. The van der Waals surface area contributed by atoms with Gasteiger partial charge in [-0.25, -0.2) is 4.79 Å². The highest BCUT2D eigenvalue weighted by Gasteiger charge is 2.29. The predicted octanol–water partition coefficient (Wildman–Crippen LogP) is 4.39. The van der Waals surface area contributed by atoms with E-state index < -0.39 is 24.7 Å². The van der Waals surface area contributed by atoms with Crippen LogP contribution in [0, 0.1) is 10.1 Å². The third kappa shape index (κ3) is 4.36. The summed E-state index contributed by atoms with van der Waals surface area (Å²) in [5.41, 5.74) is 0.549. The van der Waals surface area contributed by atoms with Crippen molar-refractivity contribution in [3.63, 3.8) is 0 Å². The van der Waals surface area contributed by atoms with Gasteiger partial charge in [-0.2, -0.15) is 0 Å². The first-order chi connectivity index (χ1) is 11.4. The maximum absolute atomic E-state index is 12.6. The molecule has 0 aliphatic rings. The molecular formula is C18H24N2O4Si. The van der Waals surface area contributed by atoms with Crippen molar-refractivity contribution in [1.29, 1.82) is 0 Å². The van der Waals surface area contributed by atoms with Crippen LogP contribution in [0.15, 0.2) is 36.5 Å². The predicted molar refractivity (Wildman–Crippen MR) is 101 cm³/mol. The molecule has 0 fully saturated rings. The molecule has 0 aliphatic carbocycles. The summed E-state index contributed by atoms with van der Waals surface area (Å²) in [6, 6.07) is 8.42. The highest BCUT2D eigenvalue weighted by molar-refractivity contribution is 6.88. The Hall–Kier alpha value is -2.41. The van der Waals surface area contributed by atoms with Crippen LogP contribution in [-0.2, 0) is 4.74 Å². The average Bonchev–Trinajstić information content (AvgIpc) is 2.90. The number of nitro groups is 1. The minimum absolute atomic E-state index is 0.0194. The molecule has 0 saturated heterocycles. The van der Waals surface area contributed by atoms with Gasteiger partial charge in [0.1, 0.15) is 5.60 Å². The van der Waals surface area contributed by atoms with Crippen molar-refractivity contribution >= 4 is 25.2 Å². The fourth-order valence-corrected chi connectivity index (χ4v) is 3.99. The number of nitro benzene ring substituents is 1. The zero-order valence-electron chi connectivity index (χ0n) is 15.5. The summed E-state index contributed by atoms with van der Waals surface area (Å²) >= 11 is 0. The molecule has 0 spiro atoms. The Morgan fingerprint density at radius 3 is 2.32 bits per heavy atom. The van der Waals surface area contributed by atoms with Gasteiger partial charge >= 0.3 is 6.09 Å². The molecule has 1 aromatic heterocycles. The van der Waals surface area contributed by atoms with Crippen LogP contribution in [0.1, 0.15) is 20.8 Å². The molecule has 0 N–H and O–H groups in total. The highest BCUT2D eigenvalue weighted by atomic mass is 28.3. The lowest BCUT2D eigenvalue weighted by Crippen LogP contribution is -2.45. The molecule has 0 saturated carbocycles. The van der Waals surface area contributed by atoms with Gasteiger partial charge in [0.15, 0.2) is 0 Å². The first-order valence-electron chi connectivity index (χ1n) is 8.10. The summed E-state index contributed by atoms with van der Waals surface area (Å²) in [6.07, 6.45) is 1.18. The molecule has 7 heteroatoms. The van der Waals surface area contributed by atoms with Gasteiger partial charge in [-0.05, 0) is 32.9 Å². The maximum atomic E-state index is 12.6. The molecular weight excluding hydrogens is 336 g/mol. The first-order valence-corrected chi connectivity index (χ1v) is 11.6. The molecule has 25 heavy (non-hydrogen) atoms. The molecule has 0 aliphatic heterocycles. The van der Waals surface area contributed by atoms with Gasteiger partial charge in [0.25, 0.3) is 5.69 Å². The number of hydrogen-bond acceptors (Lipinski definition) is 4. The number of carbonyl (C=O) groups excluding carboxylic acids is 1. The van der Waals surface area contributed by atoms with Crippen LogP contribution in [0.2, 0.25) is 19.6 Å². The molecule has 6 nitrogen and oxygen atoms in total. The minimum atomic E-state index is -1.88. The van der Waals surface area contributed by atoms with E-state index in [1.165, 1.54) is 10.6 Å². The molecule has 1 aromatic carbocycles. The Morgan fingerprint density at radius 2 is 1.80 bits per heavy atom. The van der Waals surface area contributed by atoms with Crippen molar-refractivity contribution in [3.05, 3.63) is 46.6 Å². The normalized spacial score (nSPS) is 12.1. The van der Waals surface area contributed by atoms with E-state index in [2.05, 4.69) is 19.6 Å². The zero-order chi connectivity index (χ0) is 19.0. The topological polar surface area (TPSA) is 74.4 Å². The van der Waals surface area contributed by atoms with Gasteiger partial charge < -0.3 is 4.74 Å². The standard InChI is InChI=1S/C18H24N2O4Si/c1-18(2,3)24-17(21)19-12-13(11-16(19)25(4,5)6)14-9-7-8-10-15(14)20(22)23/h7-12H,1-6H3. The zero-order valence-corrected chi connectivity index (χ0v) is 16.5. The van der Waals surface area contributed by atoms with Crippen molar-refractivity contribution < 1.29 is 14.5 Å². The van der Waals surface area contributed by atoms with E-state index in [0.29, 0.717) is 11.1 Å². The van der Waals surface area contributed by atoms with Crippen molar-refractivity contribution in [1.82, 2.24) is 4.57 Å². The van der Waals surface area contributed by atoms with E-state index in [-0.39, 0.29) is 5.69 Å². The van der Waals surface area contributed by atoms with Gasteiger partial charge in [0.2, 0.25) is 0 Å². The number of aromatic nitrogens is 1. The Kier molecular flexibility index (Phi) is 4.90. The number of benzene rings is 1. The Morgan fingerprint density at radius 1 is 1.20 bits per heavy atom. The van der Waals surface area contributed by atoms with Crippen LogP contribution in [-0.4, -0.2) is 29.3 Å². The van der Waals surface area contributed by atoms with Crippen LogP contribution in [0.5, 0.6) is 0 Å². The number of para-hydroxylation sites is 1. The molecule has 0 unspecified atom stereocenters. The first kappa shape index (κ1) is 18.9. The summed E-state index contributed by atoms with van der Waals surface area (Å²) < 4.78 is 7.00. The summed E-state index contributed by atoms with van der Waals surface area (Å²) in [7, 11) is -1.88. The lowest BCUT2D eigenvalue weighted by Gasteiger charge is -2.23. The fraction of sp³-hybridized carbons (Fsp3) is 0.389. The van der Waals surface area contributed by atoms with Gasteiger partial charge in [-0.15, -0.1) is 0 Å². The van der Waals surface area contributed by atoms with E-state index in [0.717, 1.165) is 5.32 Å². The molecule has 2 rings (SSSR count).